The Labute approximate surface area is 61.5 Å². The lowest BCUT2D eigenvalue weighted by Gasteiger charge is -2.34. The molecule has 1 heterocycles. The van der Waals surface area contributed by atoms with Crippen LogP contribution in [0.3, 0.4) is 0 Å². The average molecular weight is 145 g/mol. The van der Waals surface area contributed by atoms with E-state index in [0.29, 0.717) is 6.54 Å². The fourth-order valence-electron chi connectivity index (χ4n) is 0.781. The SMILES string of the molecule is CC(C)(CN)OC1COC1. The Morgan fingerprint density at radius 2 is 2.20 bits per heavy atom. The molecular formula is C7H15NO2. The minimum absolute atomic E-state index is 0.186. The number of rotatable bonds is 3. The molecular weight excluding hydrogens is 130 g/mol. The molecule has 0 aromatic heterocycles. The maximum atomic E-state index is 5.57. The predicted octanol–water partition coefficient (Wildman–Crippen LogP) is 0.139. The van der Waals surface area contributed by atoms with E-state index in [0.717, 1.165) is 13.2 Å². The molecule has 10 heavy (non-hydrogen) atoms. The first kappa shape index (κ1) is 7.98. The van der Waals surface area contributed by atoms with Crippen molar-refractivity contribution in [2.45, 2.75) is 25.6 Å². The van der Waals surface area contributed by atoms with E-state index >= 15 is 0 Å². The molecule has 0 amide bonds. The van der Waals surface area contributed by atoms with Crippen molar-refractivity contribution in [2.75, 3.05) is 19.8 Å². The quantitative estimate of drug-likeness (QED) is 0.614. The van der Waals surface area contributed by atoms with Gasteiger partial charge in [0.2, 0.25) is 0 Å². The Morgan fingerprint density at radius 1 is 1.60 bits per heavy atom. The summed E-state index contributed by atoms with van der Waals surface area (Å²) in [7, 11) is 0. The van der Waals surface area contributed by atoms with Crippen LogP contribution < -0.4 is 5.73 Å². The second-order valence-electron chi connectivity index (χ2n) is 3.24. The van der Waals surface area contributed by atoms with Crippen LogP contribution in [-0.2, 0) is 9.47 Å². The van der Waals surface area contributed by atoms with Gasteiger partial charge in [0, 0.05) is 6.54 Å². The van der Waals surface area contributed by atoms with Crippen molar-refractivity contribution in [3.63, 3.8) is 0 Å². The molecule has 0 unspecified atom stereocenters. The molecule has 0 bridgehead atoms. The third-order valence-electron chi connectivity index (χ3n) is 1.58. The zero-order valence-corrected chi connectivity index (χ0v) is 6.59. The molecule has 0 radical (unpaired) electrons. The number of hydrogen-bond acceptors (Lipinski definition) is 3. The lowest BCUT2D eigenvalue weighted by Crippen LogP contribution is -2.45. The summed E-state index contributed by atoms with van der Waals surface area (Å²) in [5.74, 6) is 0. The molecule has 2 N–H and O–H groups in total. The van der Waals surface area contributed by atoms with Crippen LogP contribution in [0.15, 0.2) is 0 Å². The Balaban J connectivity index is 2.21. The second-order valence-corrected chi connectivity index (χ2v) is 3.24. The lowest BCUT2D eigenvalue weighted by molar-refractivity contribution is -0.178. The summed E-state index contributed by atoms with van der Waals surface area (Å²) in [4.78, 5) is 0. The van der Waals surface area contributed by atoms with Crippen molar-refractivity contribution in [3.8, 4) is 0 Å². The lowest BCUT2D eigenvalue weighted by atomic mass is 10.1. The number of nitrogens with two attached hydrogens (primary N) is 1. The molecule has 1 aliphatic heterocycles. The van der Waals surface area contributed by atoms with E-state index < -0.39 is 0 Å². The smallest absolute Gasteiger partial charge is 0.105 e. The van der Waals surface area contributed by atoms with Gasteiger partial charge in [-0.2, -0.15) is 0 Å². The van der Waals surface area contributed by atoms with E-state index in [-0.39, 0.29) is 11.7 Å². The molecule has 0 aromatic rings. The van der Waals surface area contributed by atoms with Gasteiger partial charge in [0.05, 0.1) is 18.8 Å². The molecule has 1 aliphatic rings. The summed E-state index contributed by atoms with van der Waals surface area (Å²) >= 11 is 0. The molecule has 1 rings (SSSR count). The second kappa shape index (κ2) is 2.86. The molecule has 3 heteroatoms. The van der Waals surface area contributed by atoms with Crippen LogP contribution in [0.4, 0.5) is 0 Å². The Bertz CT molecular complexity index is 110. The van der Waals surface area contributed by atoms with Crippen molar-refractivity contribution in [2.24, 2.45) is 5.73 Å². The first-order valence-corrected chi connectivity index (χ1v) is 3.60. The van der Waals surface area contributed by atoms with Gasteiger partial charge < -0.3 is 15.2 Å². The fourth-order valence-corrected chi connectivity index (χ4v) is 0.781. The fraction of sp³-hybridized carbons (Fsp3) is 1.00. The van der Waals surface area contributed by atoms with E-state index in [4.69, 9.17) is 15.2 Å². The molecule has 3 nitrogen and oxygen atoms in total. The van der Waals surface area contributed by atoms with Crippen LogP contribution in [0.5, 0.6) is 0 Å². The van der Waals surface area contributed by atoms with E-state index in [9.17, 15) is 0 Å². The Morgan fingerprint density at radius 3 is 2.50 bits per heavy atom. The van der Waals surface area contributed by atoms with E-state index in [1.54, 1.807) is 0 Å². The van der Waals surface area contributed by atoms with Gasteiger partial charge in [-0.05, 0) is 13.8 Å². The van der Waals surface area contributed by atoms with Gasteiger partial charge in [0.15, 0.2) is 0 Å². The number of hydrogen-bond donors (Lipinski definition) is 1. The average Bonchev–Trinajstić information content (AvgIpc) is 1.80. The normalized spacial score (nSPS) is 20.7. The number of ether oxygens (including phenoxy) is 2. The zero-order chi connectivity index (χ0) is 7.61. The van der Waals surface area contributed by atoms with Gasteiger partial charge in [-0.15, -0.1) is 0 Å². The third-order valence-corrected chi connectivity index (χ3v) is 1.58. The monoisotopic (exact) mass is 145 g/mol. The Kier molecular flexibility index (Phi) is 2.28. The molecule has 1 fully saturated rings. The van der Waals surface area contributed by atoms with Gasteiger partial charge in [0.1, 0.15) is 6.10 Å². The maximum Gasteiger partial charge on any atom is 0.105 e. The molecule has 60 valence electrons. The van der Waals surface area contributed by atoms with E-state index in [1.165, 1.54) is 0 Å². The zero-order valence-electron chi connectivity index (χ0n) is 6.59. The maximum absolute atomic E-state index is 5.57. The first-order valence-electron chi connectivity index (χ1n) is 3.60. The summed E-state index contributed by atoms with van der Waals surface area (Å²) < 4.78 is 10.5. The highest BCUT2D eigenvalue weighted by Gasteiger charge is 2.26. The highest BCUT2D eigenvalue weighted by Crippen LogP contribution is 2.15. The van der Waals surface area contributed by atoms with Crippen LogP contribution in [0.1, 0.15) is 13.8 Å². The Hall–Kier alpha value is -0.120. The van der Waals surface area contributed by atoms with Crippen molar-refractivity contribution in [1.29, 1.82) is 0 Å². The van der Waals surface area contributed by atoms with Crippen LogP contribution in [-0.4, -0.2) is 31.5 Å². The summed E-state index contributed by atoms with van der Waals surface area (Å²) in [6.07, 6.45) is 0.276. The first-order chi connectivity index (χ1) is 4.64. The van der Waals surface area contributed by atoms with Crippen LogP contribution in [0.2, 0.25) is 0 Å². The predicted molar refractivity (Wildman–Crippen MR) is 38.8 cm³/mol. The summed E-state index contributed by atoms with van der Waals surface area (Å²) in [6.45, 7) is 5.99. The largest absolute Gasteiger partial charge is 0.376 e. The van der Waals surface area contributed by atoms with Crippen LogP contribution >= 0.6 is 0 Å². The summed E-state index contributed by atoms with van der Waals surface area (Å²) in [5.41, 5.74) is 5.28. The van der Waals surface area contributed by atoms with Gasteiger partial charge in [-0.3, -0.25) is 0 Å². The molecule has 0 spiro atoms. The van der Waals surface area contributed by atoms with E-state index in [2.05, 4.69) is 0 Å². The summed E-state index contributed by atoms with van der Waals surface area (Å²) in [5, 5.41) is 0. The van der Waals surface area contributed by atoms with Crippen molar-refractivity contribution >= 4 is 0 Å². The van der Waals surface area contributed by atoms with E-state index in [1.807, 2.05) is 13.8 Å². The molecule has 0 saturated carbocycles. The highest BCUT2D eigenvalue weighted by atomic mass is 16.6. The standard InChI is InChI=1S/C7H15NO2/c1-7(2,5-8)10-6-3-9-4-6/h6H,3-5,8H2,1-2H3. The minimum Gasteiger partial charge on any atom is -0.376 e. The molecule has 1 saturated heterocycles. The van der Waals surface area contributed by atoms with Crippen molar-refractivity contribution in [3.05, 3.63) is 0 Å². The van der Waals surface area contributed by atoms with Gasteiger partial charge in [0.25, 0.3) is 0 Å². The van der Waals surface area contributed by atoms with Crippen LogP contribution in [0.25, 0.3) is 0 Å². The van der Waals surface area contributed by atoms with Gasteiger partial charge in [-0.1, -0.05) is 0 Å². The molecule has 0 aromatic carbocycles. The van der Waals surface area contributed by atoms with Crippen LogP contribution in [0, 0.1) is 0 Å². The van der Waals surface area contributed by atoms with Gasteiger partial charge in [-0.25, -0.2) is 0 Å². The molecule has 0 atom stereocenters. The minimum atomic E-state index is -0.186. The van der Waals surface area contributed by atoms with Crippen molar-refractivity contribution < 1.29 is 9.47 Å². The summed E-state index contributed by atoms with van der Waals surface area (Å²) in [6, 6.07) is 0. The van der Waals surface area contributed by atoms with Crippen molar-refractivity contribution in [1.82, 2.24) is 0 Å². The van der Waals surface area contributed by atoms with Gasteiger partial charge >= 0.3 is 0 Å². The third kappa shape index (κ3) is 1.94. The molecule has 0 aliphatic carbocycles. The highest BCUT2D eigenvalue weighted by molar-refractivity contribution is 4.75. The topological polar surface area (TPSA) is 44.5 Å².